The predicted octanol–water partition coefficient (Wildman–Crippen LogP) is 9.61. The maximum absolute atomic E-state index is 4.95. The summed E-state index contributed by atoms with van der Waals surface area (Å²) in [5.41, 5.74) is 8.58. The third-order valence-corrected chi connectivity index (χ3v) is 8.78. The topological polar surface area (TPSA) is 17.8 Å². The van der Waals surface area contributed by atoms with Gasteiger partial charge >= 0.3 is 0 Å². The molecule has 1 heterocycles. The Labute approximate surface area is 217 Å². The summed E-state index contributed by atoms with van der Waals surface area (Å²) in [6.07, 6.45) is 25.8. The summed E-state index contributed by atoms with van der Waals surface area (Å²) in [5, 5.41) is 0. The molecule has 0 saturated heterocycles. The van der Waals surface area contributed by atoms with Crippen LogP contribution in [0.3, 0.4) is 0 Å². The summed E-state index contributed by atoms with van der Waals surface area (Å²) in [7, 11) is 0. The monoisotopic (exact) mass is 476 g/mol. The summed E-state index contributed by atoms with van der Waals surface area (Å²) >= 11 is 0. The maximum Gasteiger partial charge on any atom is 0.144 e. The fraction of sp³-hybridized carbons (Fsp3) is 0.441. The minimum absolute atomic E-state index is 0.561. The van der Waals surface area contributed by atoms with Gasteiger partial charge in [-0.05, 0) is 84.2 Å². The number of rotatable bonds is 5. The standard InChI is InChI=1S/C34H40N2/c1-25-12-11-19-29(22-25)34-35-20-21-36(34)33-31(27-15-7-3-8-16-27)23-30(26-13-5-2-6-14-26)24-32(33)28-17-9-4-10-18-28/h2,5-6,11,13-14,19-25,27-28H,3-4,7-10,12,15-18H2,1H3. The number of hydrogen-bond acceptors (Lipinski definition) is 1. The van der Waals surface area contributed by atoms with Gasteiger partial charge in [-0.25, -0.2) is 4.98 Å². The smallest absolute Gasteiger partial charge is 0.144 e. The zero-order valence-electron chi connectivity index (χ0n) is 21.8. The Hall–Kier alpha value is -2.87. The number of hydrogen-bond donors (Lipinski definition) is 0. The highest BCUT2D eigenvalue weighted by Crippen LogP contribution is 2.45. The van der Waals surface area contributed by atoms with Gasteiger partial charge in [0, 0.05) is 18.0 Å². The average molecular weight is 477 g/mol. The first-order valence-corrected chi connectivity index (χ1v) is 14.4. The van der Waals surface area contributed by atoms with Crippen molar-refractivity contribution in [2.24, 2.45) is 5.92 Å². The molecule has 186 valence electrons. The predicted molar refractivity (Wildman–Crippen MR) is 152 cm³/mol. The molecule has 0 bridgehead atoms. The number of allylic oxidation sites excluding steroid dienone is 4. The highest BCUT2D eigenvalue weighted by Gasteiger charge is 2.28. The molecule has 1 atom stereocenters. The van der Waals surface area contributed by atoms with Gasteiger partial charge in [-0.1, -0.05) is 94.0 Å². The molecule has 1 aromatic heterocycles. The molecule has 2 fully saturated rings. The van der Waals surface area contributed by atoms with Gasteiger partial charge in [0.1, 0.15) is 5.82 Å². The normalized spacial score (nSPS) is 21.5. The second-order valence-electron chi connectivity index (χ2n) is 11.4. The van der Waals surface area contributed by atoms with E-state index in [4.69, 9.17) is 4.98 Å². The highest BCUT2D eigenvalue weighted by molar-refractivity contribution is 5.75. The van der Waals surface area contributed by atoms with E-state index in [0.717, 1.165) is 12.2 Å². The Balaban J connectivity index is 1.58. The van der Waals surface area contributed by atoms with Crippen molar-refractivity contribution in [3.8, 4) is 16.8 Å². The van der Waals surface area contributed by atoms with Crippen LogP contribution in [0, 0.1) is 5.92 Å². The summed E-state index contributed by atoms with van der Waals surface area (Å²) in [6, 6.07) is 16.2. The molecule has 2 heteroatoms. The average Bonchev–Trinajstić information content (AvgIpc) is 3.43. The van der Waals surface area contributed by atoms with Crippen molar-refractivity contribution in [1.29, 1.82) is 0 Å². The van der Waals surface area contributed by atoms with Gasteiger partial charge in [-0.3, -0.25) is 4.57 Å². The molecule has 0 amide bonds. The van der Waals surface area contributed by atoms with Gasteiger partial charge < -0.3 is 0 Å². The lowest BCUT2D eigenvalue weighted by Gasteiger charge is -2.31. The van der Waals surface area contributed by atoms with Crippen molar-refractivity contribution >= 4 is 5.57 Å². The van der Waals surface area contributed by atoms with Gasteiger partial charge in [0.05, 0.1) is 5.69 Å². The van der Waals surface area contributed by atoms with Crippen molar-refractivity contribution in [3.63, 3.8) is 0 Å². The molecule has 0 aliphatic heterocycles. The molecule has 3 aliphatic rings. The third kappa shape index (κ3) is 4.75. The van der Waals surface area contributed by atoms with Gasteiger partial charge in [-0.2, -0.15) is 0 Å². The zero-order valence-corrected chi connectivity index (χ0v) is 21.8. The van der Waals surface area contributed by atoms with Crippen LogP contribution < -0.4 is 0 Å². The van der Waals surface area contributed by atoms with E-state index in [1.54, 1.807) is 11.1 Å². The number of imidazole rings is 1. The second kappa shape index (κ2) is 10.6. The quantitative estimate of drug-likeness (QED) is 0.358. The minimum Gasteiger partial charge on any atom is -0.299 e. The van der Waals surface area contributed by atoms with Crippen LogP contribution in [0.2, 0.25) is 0 Å². The number of nitrogens with zero attached hydrogens (tertiary/aromatic N) is 2. The van der Waals surface area contributed by atoms with Crippen LogP contribution >= 0.6 is 0 Å². The third-order valence-electron chi connectivity index (χ3n) is 8.78. The Morgan fingerprint density at radius 2 is 1.42 bits per heavy atom. The number of benzene rings is 2. The van der Waals surface area contributed by atoms with Crippen LogP contribution in [-0.2, 0) is 0 Å². The molecular formula is C34H40N2. The molecule has 1 unspecified atom stereocenters. The van der Waals surface area contributed by atoms with Crippen molar-refractivity contribution in [2.45, 2.75) is 89.4 Å². The summed E-state index contributed by atoms with van der Waals surface area (Å²) in [6.45, 7) is 2.31. The first-order chi connectivity index (χ1) is 17.8. The van der Waals surface area contributed by atoms with E-state index in [2.05, 4.69) is 78.4 Å². The Kier molecular flexibility index (Phi) is 6.94. The van der Waals surface area contributed by atoms with E-state index in [-0.39, 0.29) is 0 Å². The summed E-state index contributed by atoms with van der Waals surface area (Å²) in [5.74, 6) is 2.93. The molecule has 0 N–H and O–H groups in total. The number of aromatic nitrogens is 2. The SMILES string of the molecule is CC1C=C(c2nccn2-c2c(C3CCCCC3)cc(-c3ccccc3)cc2C2CCCCC2)C=CC1. The van der Waals surface area contributed by atoms with E-state index in [1.807, 2.05) is 6.20 Å². The fourth-order valence-electron chi connectivity index (χ4n) is 6.89. The van der Waals surface area contributed by atoms with Gasteiger partial charge in [0.15, 0.2) is 0 Å². The second-order valence-corrected chi connectivity index (χ2v) is 11.4. The van der Waals surface area contributed by atoms with Crippen LogP contribution in [0.5, 0.6) is 0 Å². The van der Waals surface area contributed by atoms with Crippen molar-refractivity contribution < 1.29 is 0 Å². The van der Waals surface area contributed by atoms with Gasteiger partial charge in [0.2, 0.25) is 0 Å². The van der Waals surface area contributed by atoms with Crippen LogP contribution in [0.25, 0.3) is 22.4 Å². The Morgan fingerprint density at radius 3 is 2.03 bits per heavy atom. The molecular weight excluding hydrogens is 436 g/mol. The molecule has 3 aromatic rings. The molecule has 2 aromatic carbocycles. The molecule has 3 aliphatic carbocycles. The van der Waals surface area contributed by atoms with Gasteiger partial charge in [0.25, 0.3) is 0 Å². The van der Waals surface area contributed by atoms with Crippen LogP contribution in [0.1, 0.15) is 106 Å². The molecule has 2 saturated carbocycles. The van der Waals surface area contributed by atoms with Crippen molar-refractivity contribution in [1.82, 2.24) is 9.55 Å². The molecule has 0 spiro atoms. The summed E-state index contributed by atoms with van der Waals surface area (Å²) in [4.78, 5) is 4.95. The molecule has 36 heavy (non-hydrogen) atoms. The maximum atomic E-state index is 4.95. The van der Waals surface area contributed by atoms with Gasteiger partial charge in [-0.15, -0.1) is 0 Å². The first-order valence-electron chi connectivity index (χ1n) is 14.4. The molecule has 6 rings (SSSR count). The lowest BCUT2D eigenvalue weighted by atomic mass is 9.77. The van der Waals surface area contributed by atoms with E-state index < -0.39 is 0 Å². The van der Waals surface area contributed by atoms with E-state index in [9.17, 15) is 0 Å². The highest BCUT2D eigenvalue weighted by atomic mass is 15.1. The largest absolute Gasteiger partial charge is 0.299 e. The Bertz CT molecular complexity index is 1190. The molecule has 0 radical (unpaired) electrons. The van der Waals surface area contributed by atoms with E-state index in [1.165, 1.54) is 86.6 Å². The van der Waals surface area contributed by atoms with E-state index >= 15 is 0 Å². The van der Waals surface area contributed by atoms with Crippen molar-refractivity contribution in [2.75, 3.05) is 0 Å². The first kappa shape index (κ1) is 23.5. The Morgan fingerprint density at radius 1 is 0.778 bits per heavy atom. The lowest BCUT2D eigenvalue weighted by molar-refractivity contribution is 0.434. The van der Waals surface area contributed by atoms with Crippen molar-refractivity contribution in [3.05, 3.63) is 90.0 Å². The zero-order chi connectivity index (χ0) is 24.3. The fourth-order valence-corrected chi connectivity index (χ4v) is 6.89. The van der Waals surface area contributed by atoms with Crippen LogP contribution in [0.4, 0.5) is 0 Å². The molecule has 2 nitrogen and oxygen atoms in total. The van der Waals surface area contributed by atoms with Crippen LogP contribution in [-0.4, -0.2) is 9.55 Å². The van der Waals surface area contributed by atoms with Crippen LogP contribution in [0.15, 0.2) is 73.1 Å². The summed E-state index contributed by atoms with van der Waals surface area (Å²) < 4.78 is 2.47. The minimum atomic E-state index is 0.561. The van der Waals surface area contributed by atoms with E-state index in [0.29, 0.717) is 17.8 Å². The lowest BCUT2D eigenvalue weighted by Crippen LogP contribution is -2.16.